The molecule has 4 heteroatoms. The molecule has 0 aliphatic heterocycles. The number of hydrogen-bond acceptors (Lipinski definition) is 3. The minimum absolute atomic E-state index is 0.0152. The van der Waals surface area contributed by atoms with Crippen molar-refractivity contribution in [2.45, 2.75) is 46.5 Å². The van der Waals surface area contributed by atoms with E-state index in [1.165, 1.54) is 12.8 Å². The lowest BCUT2D eigenvalue weighted by Crippen LogP contribution is -2.29. The third-order valence-electron chi connectivity index (χ3n) is 4.02. The molecule has 4 nitrogen and oxygen atoms in total. The molecule has 1 atom stereocenters. The number of rotatable bonds is 8. The van der Waals surface area contributed by atoms with Crippen molar-refractivity contribution in [3.8, 4) is 0 Å². The first-order chi connectivity index (χ1) is 10.1. The second kappa shape index (κ2) is 7.43. The van der Waals surface area contributed by atoms with Gasteiger partial charge in [-0.15, -0.1) is 0 Å². The van der Waals surface area contributed by atoms with Crippen molar-refractivity contribution < 1.29 is 4.79 Å². The second-order valence-corrected chi connectivity index (χ2v) is 6.04. The fourth-order valence-corrected chi connectivity index (χ4v) is 2.56. The summed E-state index contributed by atoms with van der Waals surface area (Å²) in [7, 11) is 0. The first kappa shape index (κ1) is 15.8. The molecule has 116 valence electrons. The Kier molecular flexibility index (Phi) is 5.59. The van der Waals surface area contributed by atoms with Crippen LogP contribution >= 0.6 is 0 Å². The Bertz CT molecular complexity index is 459. The lowest BCUT2D eigenvalue weighted by Gasteiger charge is -2.13. The molecule has 0 spiro atoms. The van der Waals surface area contributed by atoms with Crippen molar-refractivity contribution in [3.05, 3.63) is 23.4 Å². The number of nitrogens with zero attached hydrogens (tertiary/aromatic N) is 1. The van der Waals surface area contributed by atoms with Crippen LogP contribution in [0, 0.1) is 11.8 Å². The molecule has 0 aromatic carbocycles. The fraction of sp³-hybridized carbons (Fsp3) is 0.647. The Hall–Kier alpha value is -1.58. The lowest BCUT2D eigenvalue weighted by molar-refractivity contribution is 0.0946. The molecule has 0 bridgehead atoms. The van der Waals surface area contributed by atoms with Crippen molar-refractivity contribution in [2.75, 3.05) is 18.4 Å². The topological polar surface area (TPSA) is 54.0 Å². The smallest absolute Gasteiger partial charge is 0.251 e. The summed E-state index contributed by atoms with van der Waals surface area (Å²) in [5.74, 6) is 2.21. The van der Waals surface area contributed by atoms with Crippen molar-refractivity contribution >= 4 is 11.7 Å². The SMILES string of the molecule is CCCc1cc(C(=O)NCC(C)C2CC2)cc(NCC)n1. The summed E-state index contributed by atoms with van der Waals surface area (Å²) in [6.07, 6.45) is 4.56. The van der Waals surface area contributed by atoms with Gasteiger partial charge in [0.1, 0.15) is 5.82 Å². The molecular formula is C17H27N3O. The standard InChI is InChI=1S/C17H27N3O/c1-4-6-15-9-14(10-16(20-15)18-5-2)17(21)19-11-12(3)13-7-8-13/h9-10,12-13H,4-8,11H2,1-3H3,(H,18,20)(H,19,21). The summed E-state index contributed by atoms with van der Waals surface area (Å²) >= 11 is 0. The van der Waals surface area contributed by atoms with Crippen LogP contribution < -0.4 is 10.6 Å². The number of carbonyl (C=O) groups is 1. The number of anilines is 1. The van der Waals surface area contributed by atoms with E-state index in [2.05, 4.69) is 29.5 Å². The Morgan fingerprint density at radius 2 is 2.14 bits per heavy atom. The van der Waals surface area contributed by atoms with Gasteiger partial charge in [-0.1, -0.05) is 20.3 Å². The van der Waals surface area contributed by atoms with E-state index in [1.807, 2.05) is 19.1 Å². The van der Waals surface area contributed by atoms with E-state index in [-0.39, 0.29) is 5.91 Å². The van der Waals surface area contributed by atoms with Crippen LogP contribution in [0.25, 0.3) is 0 Å². The van der Waals surface area contributed by atoms with E-state index in [4.69, 9.17) is 0 Å². The molecule has 1 fully saturated rings. The lowest BCUT2D eigenvalue weighted by atomic mass is 10.1. The fourth-order valence-electron chi connectivity index (χ4n) is 2.56. The van der Waals surface area contributed by atoms with Crippen molar-refractivity contribution in [1.29, 1.82) is 0 Å². The predicted molar refractivity (Wildman–Crippen MR) is 86.6 cm³/mol. The number of aryl methyl sites for hydroxylation is 1. The zero-order chi connectivity index (χ0) is 15.2. The minimum Gasteiger partial charge on any atom is -0.370 e. The van der Waals surface area contributed by atoms with E-state index in [0.717, 1.165) is 43.4 Å². The molecular weight excluding hydrogens is 262 g/mol. The summed E-state index contributed by atoms with van der Waals surface area (Å²) in [6.45, 7) is 7.95. The maximum atomic E-state index is 12.3. The van der Waals surface area contributed by atoms with Gasteiger partial charge < -0.3 is 10.6 Å². The number of amides is 1. The van der Waals surface area contributed by atoms with Crippen LogP contribution in [-0.4, -0.2) is 24.0 Å². The average molecular weight is 289 g/mol. The van der Waals surface area contributed by atoms with Crippen LogP contribution in [0.5, 0.6) is 0 Å². The molecule has 1 heterocycles. The molecule has 1 saturated carbocycles. The van der Waals surface area contributed by atoms with Crippen LogP contribution in [0.4, 0.5) is 5.82 Å². The summed E-state index contributed by atoms with van der Waals surface area (Å²) in [5.41, 5.74) is 1.70. The third kappa shape index (κ3) is 4.73. The van der Waals surface area contributed by atoms with Gasteiger partial charge in [0.25, 0.3) is 5.91 Å². The molecule has 0 saturated heterocycles. The summed E-state index contributed by atoms with van der Waals surface area (Å²) in [4.78, 5) is 16.9. The first-order valence-electron chi connectivity index (χ1n) is 8.17. The quantitative estimate of drug-likeness (QED) is 0.772. The highest BCUT2D eigenvalue weighted by atomic mass is 16.1. The number of hydrogen-bond donors (Lipinski definition) is 2. The average Bonchev–Trinajstić information content (AvgIpc) is 3.29. The van der Waals surface area contributed by atoms with Gasteiger partial charge in [0.15, 0.2) is 0 Å². The molecule has 1 aromatic heterocycles. The predicted octanol–water partition coefficient (Wildman–Crippen LogP) is 3.24. The van der Waals surface area contributed by atoms with E-state index in [9.17, 15) is 4.79 Å². The van der Waals surface area contributed by atoms with E-state index >= 15 is 0 Å². The second-order valence-electron chi connectivity index (χ2n) is 6.04. The number of pyridine rings is 1. The minimum atomic E-state index is 0.0152. The Morgan fingerprint density at radius 1 is 1.38 bits per heavy atom. The third-order valence-corrected chi connectivity index (χ3v) is 4.02. The zero-order valence-electron chi connectivity index (χ0n) is 13.4. The van der Waals surface area contributed by atoms with Crippen LogP contribution in [0.2, 0.25) is 0 Å². The molecule has 1 amide bonds. The van der Waals surface area contributed by atoms with E-state index in [1.54, 1.807) is 0 Å². The Labute approximate surface area is 127 Å². The number of carbonyl (C=O) groups excluding carboxylic acids is 1. The van der Waals surface area contributed by atoms with Crippen LogP contribution in [0.1, 0.15) is 56.1 Å². The van der Waals surface area contributed by atoms with Gasteiger partial charge in [0.05, 0.1) is 0 Å². The van der Waals surface area contributed by atoms with Gasteiger partial charge in [-0.3, -0.25) is 4.79 Å². The maximum absolute atomic E-state index is 12.3. The monoisotopic (exact) mass is 289 g/mol. The highest BCUT2D eigenvalue weighted by Gasteiger charge is 2.27. The Morgan fingerprint density at radius 3 is 2.76 bits per heavy atom. The first-order valence-corrected chi connectivity index (χ1v) is 8.17. The van der Waals surface area contributed by atoms with Gasteiger partial charge in [-0.05, 0) is 50.2 Å². The molecule has 1 unspecified atom stereocenters. The molecule has 0 radical (unpaired) electrons. The molecule has 21 heavy (non-hydrogen) atoms. The van der Waals surface area contributed by atoms with Gasteiger partial charge in [0.2, 0.25) is 0 Å². The molecule has 1 aliphatic rings. The highest BCUT2D eigenvalue weighted by Crippen LogP contribution is 2.36. The van der Waals surface area contributed by atoms with Gasteiger partial charge in [-0.25, -0.2) is 4.98 Å². The number of aromatic nitrogens is 1. The van der Waals surface area contributed by atoms with Crippen LogP contribution in [0.3, 0.4) is 0 Å². The highest BCUT2D eigenvalue weighted by molar-refractivity contribution is 5.95. The van der Waals surface area contributed by atoms with Crippen LogP contribution in [-0.2, 0) is 6.42 Å². The summed E-state index contributed by atoms with van der Waals surface area (Å²) in [6, 6.07) is 3.77. The number of nitrogens with one attached hydrogen (secondary N) is 2. The van der Waals surface area contributed by atoms with Crippen molar-refractivity contribution in [3.63, 3.8) is 0 Å². The maximum Gasteiger partial charge on any atom is 0.251 e. The Balaban J connectivity index is 2.02. The summed E-state index contributed by atoms with van der Waals surface area (Å²) < 4.78 is 0. The molecule has 1 aliphatic carbocycles. The van der Waals surface area contributed by atoms with E-state index in [0.29, 0.717) is 11.5 Å². The van der Waals surface area contributed by atoms with Crippen LogP contribution in [0.15, 0.2) is 12.1 Å². The van der Waals surface area contributed by atoms with Crippen molar-refractivity contribution in [2.24, 2.45) is 11.8 Å². The van der Waals surface area contributed by atoms with E-state index < -0.39 is 0 Å². The molecule has 1 aromatic rings. The molecule has 2 rings (SSSR count). The van der Waals surface area contributed by atoms with Gasteiger partial charge in [-0.2, -0.15) is 0 Å². The zero-order valence-corrected chi connectivity index (χ0v) is 13.4. The summed E-state index contributed by atoms with van der Waals surface area (Å²) in [5, 5.41) is 6.27. The normalized spacial score (nSPS) is 15.6. The van der Waals surface area contributed by atoms with Gasteiger partial charge >= 0.3 is 0 Å². The largest absolute Gasteiger partial charge is 0.370 e. The van der Waals surface area contributed by atoms with Crippen molar-refractivity contribution in [1.82, 2.24) is 10.3 Å². The van der Waals surface area contributed by atoms with Gasteiger partial charge in [0, 0.05) is 24.3 Å². The molecule has 2 N–H and O–H groups in total.